The van der Waals surface area contributed by atoms with E-state index in [9.17, 15) is 9.36 Å². The summed E-state index contributed by atoms with van der Waals surface area (Å²) in [5.74, 6) is -3.62. The molecule has 280 valence electrons. The molecular formula is C39H72O8P+. The van der Waals surface area contributed by atoms with E-state index in [1.807, 2.05) is 6.08 Å². The largest absolute Gasteiger partial charge is 0.464 e. The van der Waals surface area contributed by atoms with Crippen LogP contribution in [0.3, 0.4) is 0 Å². The summed E-state index contributed by atoms with van der Waals surface area (Å²) in [5.41, 5.74) is -0.628. The Morgan fingerprint density at radius 3 is 1.38 bits per heavy atom. The summed E-state index contributed by atoms with van der Waals surface area (Å²) in [6.45, 7) is 18.6. The van der Waals surface area contributed by atoms with E-state index in [4.69, 9.17) is 28.4 Å². The zero-order valence-electron chi connectivity index (χ0n) is 31.7. The molecule has 3 unspecified atom stereocenters. The van der Waals surface area contributed by atoms with Gasteiger partial charge in [0, 0.05) is 18.8 Å². The van der Waals surface area contributed by atoms with Crippen molar-refractivity contribution in [1.82, 2.24) is 0 Å². The fraction of sp³-hybridized carbons (Fsp3) is 0.872. The quantitative estimate of drug-likeness (QED) is 0.0220. The summed E-state index contributed by atoms with van der Waals surface area (Å²) in [5, 5.41) is -1.85. The zero-order valence-corrected chi connectivity index (χ0v) is 32.6. The van der Waals surface area contributed by atoms with Gasteiger partial charge in [0.25, 0.3) is 5.79 Å². The second kappa shape index (κ2) is 26.8. The lowest BCUT2D eigenvalue weighted by atomic mass is 9.85. The Balaban J connectivity index is 4.19. The molecule has 0 fully saturated rings. The molecule has 8 nitrogen and oxygen atoms in total. The third kappa shape index (κ3) is 13.0. The summed E-state index contributed by atoms with van der Waals surface area (Å²) in [6, 6.07) is 0. The van der Waals surface area contributed by atoms with Crippen LogP contribution in [0.15, 0.2) is 24.8 Å². The Morgan fingerprint density at radius 2 is 0.979 bits per heavy atom. The Kier molecular flexibility index (Phi) is 25.1. The van der Waals surface area contributed by atoms with Gasteiger partial charge in [-0.2, -0.15) is 0 Å². The molecule has 3 atom stereocenters. The first-order valence-electron chi connectivity index (χ1n) is 19.5. The molecule has 1 rings (SSSR count). The minimum atomic E-state index is -2.82. The Morgan fingerprint density at radius 1 is 0.604 bits per heavy atom. The van der Waals surface area contributed by atoms with Gasteiger partial charge in [0.2, 0.25) is 0 Å². The van der Waals surface area contributed by atoms with Crippen molar-refractivity contribution in [2.24, 2.45) is 0 Å². The first-order valence-corrected chi connectivity index (χ1v) is 20.8. The minimum absolute atomic E-state index is 0.256. The number of unbranched alkanes of at least 4 members (excludes halogenated alkanes) is 12. The SMILES string of the molecule is C=CC(=O)[P+](=O)C1(OCCCCC)C=CC(OCCCCC)C(OCCCCC)(OCCCCC)C1(OCCCCC)OCCCCC. The van der Waals surface area contributed by atoms with Crippen LogP contribution in [0.1, 0.15) is 157 Å². The van der Waals surface area contributed by atoms with E-state index < -0.39 is 36.3 Å². The average Bonchev–Trinajstić information content (AvgIpc) is 3.10. The summed E-state index contributed by atoms with van der Waals surface area (Å²) in [7, 11) is -2.82. The van der Waals surface area contributed by atoms with Crippen LogP contribution in [0.2, 0.25) is 0 Å². The van der Waals surface area contributed by atoms with Crippen LogP contribution in [0, 0.1) is 0 Å². The van der Waals surface area contributed by atoms with E-state index in [2.05, 4.69) is 48.1 Å². The van der Waals surface area contributed by atoms with Crippen LogP contribution in [0.4, 0.5) is 0 Å². The van der Waals surface area contributed by atoms with Crippen molar-refractivity contribution in [3.63, 3.8) is 0 Å². The van der Waals surface area contributed by atoms with E-state index in [1.54, 1.807) is 6.08 Å². The van der Waals surface area contributed by atoms with E-state index in [0.29, 0.717) is 19.8 Å². The summed E-state index contributed by atoms with van der Waals surface area (Å²) in [6.07, 6.45) is 20.3. The van der Waals surface area contributed by atoms with Crippen LogP contribution in [0.25, 0.3) is 0 Å². The molecule has 0 aromatic carbocycles. The van der Waals surface area contributed by atoms with Gasteiger partial charge in [0.15, 0.2) is 0 Å². The highest BCUT2D eigenvalue weighted by molar-refractivity contribution is 7.66. The predicted molar refractivity (Wildman–Crippen MR) is 197 cm³/mol. The van der Waals surface area contributed by atoms with Crippen molar-refractivity contribution in [2.75, 3.05) is 39.6 Å². The number of allylic oxidation sites excluding steroid dienone is 1. The summed E-state index contributed by atoms with van der Waals surface area (Å²) in [4.78, 5) is 13.5. The summed E-state index contributed by atoms with van der Waals surface area (Å²) >= 11 is 0. The van der Waals surface area contributed by atoms with Crippen molar-refractivity contribution in [2.45, 2.75) is 180 Å². The van der Waals surface area contributed by atoms with Crippen molar-refractivity contribution < 1.29 is 37.8 Å². The van der Waals surface area contributed by atoms with Gasteiger partial charge in [-0.05, 0) is 44.6 Å². The van der Waals surface area contributed by atoms with Crippen LogP contribution in [-0.2, 0) is 37.8 Å². The maximum absolute atomic E-state index is 14.8. The summed E-state index contributed by atoms with van der Waals surface area (Å²) < 4.78 is 56.3. The number of hydrogen-bond acceptors (Lipinski definition) is 8. The normalized spacial score (nSPS) is 20.2. The highest BCUT2D eigenvalue weighted by Crippen LogP contribution is 2.60. The van der Waals surface area contributed by atoms with Gasteiger partial charge in [-0.1, -0.05) is 130 Å². The zero-order chi connectivity index (χ0) is 35.6. The topological polar surface area (TPSA) is 89.5 Å². The number of carbonyl (C=O) groups is 1. The fourth-order valence-electron chi connectivity index (χ4n) is 5.98. The van der Waals surface area contributed by atoms with Gasteiger partial charge in [-0.25, -0.2) is 4.79 Å². The van der Waals surface area contributed by atoms with Gasteiger partial charge >= 0.3 is 24.5 Å². The lowest BCUT2D eigenvalue weighted by Gasteiger charge is -2.55. The Bertz CT molecular complexity index is 869. The Hall–Kier alpha value is -0.990. The predicted octanol–water partition coefficient (Wildman–Crippen LogP) is 10.8. The third-order valence-electron chi connectivity index (χ3n) is 8.83. The van der Waals surface area contributed by atoms with Crippen LogP contribution >= 0.6 is 7.80 Å². The molecule has 0 radical (unpaired) electrons. The van der Waals surface area contributed by atoms with E-state index in [0.717, 1.165) is 122 Å². The molecule has 9 heteroatoms. The molecule has 0 N–H and O–H groups in total. The molecule has 48 heavy (non-hydrogen) atoms. The van der Waals surface area contributed by atoms with Crippen LogP contribution < -0.4 is 0 Å². The van der Waals surface area contributed by atoms with Crippen molar-refractivity contribution in [3.8, 4) is 0 Å². The molecule has 0 spiro atoms. The smallest absolute Gasteiger partial charge is 0.368 e. The molecule has 0 bridgehead atoms. The average molecular weight is 700 g/mol. The fourth-order valence-corrected chi connectivity index (χ4v) is 7.46. The molecule has 0 aromatic heterocycles. The lowest BCUT2D eigenvalue weighted by Crippen LogP contribution is -2.77. The molecule has 0 heterocycles. The maximum Gasteiger partial charge on any atom is 0.464 e. The monoisotopic (exact) mass is 699 g/mol. The van der Waals surface area contributed by atoms with Crippen molar-refractivity contribution in [3.05, 3.63) is 24.8 Å². The molecule has 0 aliphatic heterocycles. The second-order valence-electron chi connectivity index (χ2n) is 13.0. The first kappa shape index (κ1) is 45.0. The molecule has 0 saturated carbocycles. The molecule has 1 aliphatic carbocycles. The number of hydrogen-bond donors (Lipinski definition) is 0. The number of carbonyl (C=O) groups excluding carboxylic acids is 1. The highest BCUT2D eigenvalue weighted by atomic mass is 31.1. The second-order valence-corrected chi connectivity index (χ2v) is 14.6. The molecule has 0 amide bonds. The van der Waals surface area contributed by atoms with Gasteiger partial charge in [-0.3, -0.25) is 0 Å². The lowest BCUT2D eigenvalue weighted by molar-refractivity contribution is -0.458. The van der Waals surface area contributed by atoms with Gasteiger partial charge < -0.3 is 28.4 Å². The molecule has 1 aliphatic rings. The van der Waals surface area contributed by atoms with E-state index >= 15 is 0 Å². The van der Waals surface area contributed by atoms with Crippen molar-refractivity contribution >= 4 is 13.3 Å². The van der Waals surface area contributed by atoms with Gasteiger partial charge in [0.05, 0.1) is 33.0 Å². The standard InChI is InChI=1S/C39H72O8P/c1-8-15-21-29-42-35-27-28-37(43-30-22-16-9-2,48(41)36(40)14-7)39(46-33-25-19-12-5,47-34-26-20-13-6)38(35,44-31-23-17-10-3)45-32-24-18-11-4/h14,27-28,35H,7-13,15-26,29-34H2,1-6H3/q+1. The highest BCUT2D eigenvalue weighted by Gasteiger charge is 2.82. The molecule has 0 saturated heterocycles. The third-order valence-corrected chi connectivity index (χ3v) is 10.6. The maximum atomic E-state index is 14.8. The number of ether oxygens (including phenoxy) is 6. The molecule has 0 aromatic rings. The first-order chi connectivity index (χ1) is 23.4. The minimum Gasteiger partial charge on any atom is -0.368 e. The van der Waals surface area contributed by atoms with Crippen molar-refractivity contribution in [1.29, 1.82) is 0 Å². The Labute approximate surface area is 295 Å². The van der Waals surface area contributed by atoms with Gasteiger partial charge in [-0.15, -0.1) is 0 Å². The molecular weight excluding hydrogens is 627 g/mol. The van der Waals surface area contributed by atoms with E-state index in [1.165, 1.54) is 0 Å². The number of rotatable bonds is 33. The van der Waals surface area contributed by atoms with Crippen LogP contribution in [-0.4, -0.2) is 68.2 Å². The van der Waals surface area contributed by atoms with Crippen LogP contribution in [0.5, 0.6) is 0 Å². The van der Waals surface area contributed by atoms with E-state index in [-0.39, 0.29) is 19.8 Å². The van der Waals surface area contributed by atoms with Gasteiger partial charge in [0.1, 0.15) is 6.10 Å².